The summed E-state index contributed by atoms with van der Waals surface area (Å²) in [6, 6.07) is 11.5. The lowest BCUT2D eigenvalue weighted by Crippen LogP contribution is -2.02. The van der Waals surface area contributed by atoms with Crippen molar-refractivity contribution in [2.75, 3.05) is 6.61 Å². The van der Waals surface area contributed by atoms with Crippen molar-refractivity contribution in [3.05, 3.63) is 42.0 Å². The normalized spacial score (nSPS) is 9.82. The van der Waals surface area contributed by atoms with E-state index in [0.29, 0.717) is 24.7 Å². The van der Waals surface area contributed by atoms with Gasteiger partial charge in [-0.1, -0.05) is 23.4 Å². The van der Waals surface area contributed by atoms with Gasteiger partial charge in [-0.15, -0.1) is 0 Å². The Bertz CT molecular complexity index is 502. The van der Waals surface area contributed by atoms with Gasteiger partial charge >= 0.3 is 0 Å². The highest BCUT2D eigenvalue weighted by molar-refractivity contribution is 5.20. The largest absolute Gasteiger partial charge is 0.493 e. The predicted octanol–water partition coefficient (Wildman–Crippen LogP) is 1.76. The summed E-state index contributed by atoms with van der Waals surface area (Å²) in [4.78, 5) is 4.05. The maximum Gasteiger partial charge on any atom is 0.240 e. The van der Waals surface area contributed by atoms with Gasteiger partial charge in [0.1, 0.15) is 12.2 Å². The third-order valence-corrected chi connectivity index (χ3v) is 2.08. The molecule has 5 heteroatoms. The lowest BCUT2D eigenvalue weighted by Gasteiger charge is -2.02. The van der Waals surface area contributed by atoms with E-state index < -0.39 is 0 Å². The Morgan fingerprint density at radius 2 is 2.12 bits per heavy atom. The summed E-state index contributed by atoms with van der Waals surface area (Å²) in [6.45, 7) is 0.482. The first-order valence-electron chi connectivity index (χ1n) is 5.25. The predicted molar refractivity (Wildman–Crippen MR) is 59.3 cm³/mol. The van der Waals surface area contributed by atoms with Crippen LogP contribution in [0, 0.1) is 11.3 Å². The van der Waals surface area contributed by atoms with E-state index in [0.717, 1.165) is 5.75 Å². The van der Waals surface area contributed by atoms with Crippen LogP contribution in [0.3, 0.4) is 0 Å². The summed E-state index contributed by atoms with van der Waals surface area (Å²) < 4.78 is 10.4. The highest BCUT2D eigenvalue weighted by Crippen LogP contribution is 2.08. The average molecular weight is 229 g/mol. The molecular formula is C12H11N3O2. The lowest BCUT2D eigenvalue weighted by atomic mass is 10.3. The van der Waals surface area contributed by atoms with Crippen molar-refractivity contribution >= 4 is 0 Å². The minimum absolute atomic E-state index is 0.145. The van der Waals surface area contributed by atoms with Crippen molar-refractivity contribution in [1.29, 1.82) is 5.26 Å². The maximum absolute atomic E-state index is 8.45. The molecule has 0 aliphatic carbocycles. The van der Waals surface area contributed by atoms with Gasteiger partial charge in [-0.05, 0) is 12.1 Å². The average Bonchev–Trinajstić information content (AvgIpc) is 2.79. The van der Waals surface area contributed by atoms with Crippen LogP contribution in [0.5, 0.6) is 5.75 Å². The zero-order valence-electron chi connectivity index (χ0n) is 9.17. The number of ether oxygens (including phenoxy) is 1. The third kappa shape index (κ3) is 3.31. The van der Waals surface area contributed by atoms with Crippen molar-refractivity contribution in [1.82, 2.24) is 10.1 Å². The molecule has 0 saturated carbocycles. The van der Waals surface area contributed by atoms with Gasteiger partial charge in [-0.2, -0.15) is 10.2 Å². The molecule has 17 heavy (non-hydrogen) atoms. The van der Waals surface area contributed by atoms with E-state index in [9.17, 15) is 0 Å². The quantitative estimate of drug-likeness (QED) is 0.781. The Balaban J connectivity index is 1.80. The molecule has 0 aliphatic heterocycles. The van der Waals surface area contributed by atoms with Gasteiger partial charge in [0.2, 0.25) is 5.89 Å². The van der Waals surface area contributed by atoms with Crippen LogP contribution >= 0.6 is 0 Å². The van der Waals surface area contributed by atoms with Crippen molar-refractivity contribution in [2.24, 2.45) is 0 Å². The zero-order valence-corrected chi connectivity index (χ0v) is 9.17. The second-order valence-corrected chi connectivity index (χ2v) is 3.35. The molecule has 0 bridgehead atoms. The molecule has 0 atom stereocenters. The van der Waals surface area contributed by atoms with Crippen LogP contribution in [-0.2, 0) is 12.8 Å². The Kier molecular flexibility index (Phi) is 3.71. The number of nitriles is 1. The number of hydrogen-bond donors (Lipinski definition) is 0. The second-order valence-electron chi connectivity index (χ2n) is 3.35. The van der Waals surface area contributed by atoms with E-state index >= 15 is 0 Å². The van der Waals surface area contributed by atoms with Gasteiger partial charge < -0.3 is 9.26 Å². The Labute approximate surface area is 98.6 Å². The first-order chi connectivity index (χ1) is 8.38. The number of aromatic nitrogens is 2. The van der Waals surface area contributed by atoms with Gasteiger partial charge in [0.25, 0.3) is 0 Å². The van der Waals surface area contributed by atoms with E-state index in [1.54, 1.807) is 0 Å². The van der Waals surface area contributed by atoms with Gasteiger partial charge in [0.05, 0.1) is 12.7 Å². The van der Waals surface area contributed by atoms with E-state index in [1.165, 1.54) is 0 Å². The summed E-state index contributed by atoms with van der Waals surface area (Å²) in [5, 5.41) is 12.2. The fourth-order valence-corrected chi connectivity index (χ4v) is 1.31. The fourth-order valence-electron chi connectivity index (χ4n) is 1.31. The Morgan fingerprint density at radius 1 is 1.29 bits per heavy atom. The van der Waals surface area contributed by atoms with Crippen LogP contribution in [0.4, 0.5) is 0 Å². The van der Waals surface area contributed by atoms with Crippen LogP contribution < -0.4 is 4.74 Å². The molecule has 2 aromatic rings. The van der Waals surface area contributed by atoms with E-state index in [1.807, 2.05) is 36.4 Å². The molecule has 0 unspecified atom stereocenters. The van der Waals surface area contributed by atoms with E-state index in [2.05, 4.69) is 10.1 Å². The molecule has 1 aromatic heterocycles. The number of para-hydroxylation sites is 1. The zero-order chi connectivity index (χ0) is 11.9. The summed E-state index contributed by atoms with van der Waals surface area (Å²) in [6.07, 6.45) is 0.705. The van der Waals surface area contributed by atoms with E-state index in [4.69, 9.17) is 14.5 Å². The van der Waals surface area contributed by atoms with Crippen molar-refractivity contribution in [2.45, 2.75) is 12.8 Å². The smallest absolute Gasteiger partial charge is 0.240 e. The first-order valence-corrected chi connectivity index (χ1v) is 5.25. The van der Waals surface area contributed by atoms with Crippen molar-refractivity contribution in [3.8, 4) is 11.8 Å². The van der Waals surface area contributed by atoms with Gasteiger partial charge in [-0.25, -0.2) is 0 Å². The molecule has 0 amide bonds. The summed E-state index contributed by atoms with van der Waals surface area (Å²) in [5.74, 6) is 1.72. The van der Waals surface area contributed by atoms with Crippen molar-refractivity contribution in [3.63, 3.8) is 0 Å². The molecule has 2 rings (SSSR count). The molecule has 0 radical (unpaired) electrons. The first kappa shape index (κ1) is 11.1. The topological polar surface area (TPSA) is 71.9 Å². The molecule has 1 heterocycles. The van der Waals surface area contributed by atoms with E-state index in [-0.39, 0.29) is 6.42 Å². The minimum Gasteiger partial charge on any atom is -0.493 e. The number of nitrogens with zero attached hydrogens (tertiary/aromatic N) is 3. The Hall–Kier alpha value is -2.35. The summed E-state index contributed by atoms with van der Waals surface area (Å²) in [5.41, 5.74) is 0. The molecule has 0 N–H and O–H groups in total. The summed E-state index contributed by atoms with van der Waals surface area (Å²) in [7, 11) is 0. The van der Waals surface area contributed by atoms with Crippen molar-refractivity contribution < 1.29 is 9.26 Å². The second kappa shape index (κ2) is 5.66. The SMILES string of the molecule is N#CCc1nc(CCOc2ccccc2)no1. The number of rotatable bonds is 5. The van der Waals surface area contributed by atoms with Crippen LogP contribution in [-0.4, -0.2) is 16.7 Å². The molecule has 0 saturated heterocycles. The van der Waals surface area contributed by atoms with Crippen LogP contribution in [0.25, 0.3) is 0 Å². The minimum atomic E-state index is 0.145. The van der Waals surface area contributed by atoms with Gasteiger partial charge in [0.15, 0.2) is 5.82 Å². The van der Waals surface area contributed by atoms with Crippen LogP contribution in [0.1, 0.15) is 11.7 Å². The van der Waals surface area contributed by atoms with Crippen LogP contribution in [0.2, 0.25) is 0 Å². The molecule has 0 aliphatic rings. The van der Waals surface area contributed by atoms with Gasteiger partial charge in [0, 0.05) is 6.42 Å². The third-order valence-electron chi connectivity index (χ3n) is 2.08. The molecule has 0 spiro atoms. The molecule has 86 valence electrons. The maximum atomic E-state index is 8.45. The molecule has 1 aromatic carbocycles. The highest BCUT2D eigenvalue weighted by Gasteiger charge is 2.05. The number of hydrogen-bond acceptors (Lipinski definition) is 5. The summed E-state index contributed by atoms with van der Waals surface area (Å²) >= 11 is 0. The standard InChI is InChI=1S/C12H11N3O2/c13-8-6-12-14-11(15-17-12)7-9-16-10-4-2-1-3-5-10/h1-5H,6-7,9H2. The number of benzene rings is 1. The van der Waals surface area contributed by atoms with Crippen LogP contribution in [0.15, 0.2) is 34.9 Å². The van der Waals surface area contributed by atoms with Gasteiger partial charge in [-0.3, -0.25) is 0 Å². The molecule has 5 nitrogen and oxygen atoms in total. The molecular weight excluding hydrogens is 218 g/mol. The Morgan fingerprint density at radius 3 is 2.88 bits per heavy atom. The lowest BCUT2D eigenvalue weighted by molar-refractivity contribution is 0.314. The monoisotopic (exact) mass is 229 g/mol. The highest BCUT2D eigenvalue weighted by atomic mass is 16.5. The fraction of sp³-hybridized carbons (Fsp3) is 0.250. The molecule has 0 fully saturated rings.